The lowest BCUT2D eigenvalue weighted by atomic mass is 10.1. The average molecular weight is 384 g/mol. The van der Waals surface area contributed by atoms with E-state index in [0.717, 1.165) is 33.5 Å². The summed E-state index contributed by atoms with van der Waals surface area (Å²) in [4.78, 5) is 12.6. The van der Waals surface area contributed by atoms with Crippen LogP contribution in [-0.4, -0.2) is 10.5 Å². The molecule has 0 saturated heterocycles. The third kappa shape index (κ3) is 4.32. The predicted octanol–water partition coefficient (Wildman–Crippen LogP) is 5.48. The number of benzene rings is 3. The molecule has 0 saturated carbocycles. The van der Waals surface area contributed by atoms with Gasteiger partial charge in [0.05, 0.1) is 5.52 Å². The lowest BCUT2D eigenvalue weighted by Gasteiger charge is -2.10. The van der Waals surface area contributed by atoms with Gasteiger partial charge in [0.2, 0.25) is 5.91 Å². The van der Waals surface area contributed by atoms with Crippen molar-refractivity contribution in [1.29, 1.82) is 0 Å². The molecule has 1 heterocycles. The van der Waals surface area contributed by atoms with Crippen molar-refractivity contribution in [2.45, 2.75) is 27.0 Å². The highest BCUT2D eigenvalue weighted by molar-refractivity contribution is 5.93. The molecule has 4 rings (SSSR count). The molecule has 0 unspecified atom stereocenters. The SMILES string of the molecule is Cc1ccc(NC(=O)Cn2ccc3c(OCc4ccccc4)cccc32)cc1C. The number of rotatable bonds is 6. The van der Waals surface area contributed by atoms with E-state index in [4.69, 9.17) is 4.74 Å². The summed E-state index contributed by atoms with van der Waals surface area (Å²) >= 11 is 0. The summed E-state index contributed by atoms with van der Waals surface area (Å²) in [5.41, 5.74) is 5.29. The van der Waals surface area contributed by atoms with Gasteiger partial charge in [0.1, 0.15) is 18.9 Å². The van der Waals surface area contributed by atoms with E-state index in [1.807, 2.05) is 90.5 Å². The first-order valence-corrected chi connectivity index (χ1v) is 9.72. The van der Waals surface area contributed by atoms with E-state index in [9.17, 15) is 4.79 Å². The van der Waals surface area contributed by atoms with Crippen molar-refractivity contribution >= 4 is 22.5 Å². The van der Waals surface area contributed by atoms with Crippen LogP contribution in [0.3, 0.4) is 0 Å². The Morgan fingerprint density at radius 3 is 2.55 bits per heavy atom. The van der Waals surface area contributed by atoms with Gasteiger partial charge in [0.15, 0.2) is 0 Å². The van der Waals surface area contributed by atoms with Gasteiger partial charge < -0.3 is 14.6 Å². The van der Waals surface area contributed by atoms with Gasteiger partial charge in [-0.2, -0.15) is 0 Å². The molecule has 1 amide bonds. The molecule has 0 radical (unpaired) electrons. The smallest absolute Gasteiger partial charge is 0.244 e. The zero-order valence-electron chi connectivity index (χ0n) is 16.7. The first kappa shape index (κ1) is 18.8. The molecule has 1 aromatic heterocycles. The van der Waals surface area contributed by atoms with Gasteiger partial charge in [-0.05, 0) is 60.9 Å². The van der Waals surface area contributed by atoms with Gasteiger partial charge in [-0.15, -0.1) is 0 Å². The summed E-state index contributed by atoms with van der Waals surface area (Å²) in [6.45, 7) is 4.86. The number of nitrogens with one attached hydrogen (secondary N) is 1. The second kappa shape index (κ2) is 8.23. The minimum absolute atomic E-state index is 0.0543. The summed E-state index contributed by atoms with van der Waals surface area (Å²) in [6.07, 6.45) is 1.93. The molecule has 3 aromatic carbocycles. The van der Waals surface area contributed by atoms with Crippen LogP contribution in [0.5, 0.6) is 5.75 Å². The van der Waals surface area contributed by atoms with Crippen LogP contribution in [0.1, 0.15) is 16.7 Å². The number of aromatic nitrogens is 1. The van der Waals surface area contributed by atoms with Crippen LogP contribution < -0.4 is 10.1 Å². The van der Waals surface area contributed by atoms with E-state index >= 15 is 0 Å². The van der Waals surface area contributed by atoms with Gasteiger partial charge >= 0.3 is 0 Å². The Labute approximate surface area is 170 Å². The quantitative estimate of drug-likeness (QED) is 0.479. The summed E-state index contributed by atoms with van der Waals surface area (Å²) in [7, 11) is 0. The maximum Gasteiger partial charge on any atom is 0.244 e. The minimum atomic E-state index is -0.0543. The number of fused-ring (bicyclic) bond motifs is 1. The molecule has 1 N–H and O–H groups in total. The van der Waals surface area contributed by atoms with Crippen LogP contribution in [0.15, 0.2) is 79.0 Å². The second-order valence-corrected chi connectivity index (χ2v) is 7.25. The zero-order chi connectivity index (χ0) is 20.2. The number of hydrogen-bond acceptors (Lipinski definition) is 2. The topological polar surface area (TPSA) is 43.3 Å². The van der Waals surface area contributed by atoms with Crippen LogP contribution in [0.4, 0.5) is 5.69 Å². The molecule has 0 spiro atoms. The highest BCUT2D eigenvalue weighted by atomic mass is 16.5. The molecule has 4 heteroatoms. The molecular formula is C25H24N2O2. The fraction of sp³-hybridized carbons (Fsp3) is 0.160. The number of aryl methyl sites for hydroxylation is 2. The van der Waals surface area contributed by atoms with Crippen LogP contribution >= 0.6 is 0 Å². The van der Waals surface area contributed by atoms with Gasteiger partial charge in [0.25, 0.3) is 0 Å². The molecule has 0 bridgehead atoms. The molecule has 0 aliphatic heterocycles. The van der Waals surface area contributed by atoms with Crippen LogP contribution in [0.2, 0.25) is 0 Å². The molecule has 29 heavy (non-hydrogen) atoms. The van der Waals surface area contributed by atoms with Crippen molar-refractivity contribution in [2.75, 3.05) is 5.32 Å². The Bertz CT molecular complexity index is 1150. The normalized spacial score (nSPS) is 10.8. The molecule has 4 aromatic rings. The van der Waals surface area contributed by atoms with Crippen molar-refractivity contribution in [3.8, 4) is 5.75 Å². The van der Waals surface area contributed by atoms with Crippen LogP contribution in [-0.2, 0) is 17.9 Å². The lowest BCUT2D eigenvalue weighted by Crippen LogP contribution is -2.18. The molecule has 0 atom stereocenters. The standard InChI is InChI=1S/C25H24N2O2/c1-18-11-12-21(15-19(18)2)26-25(28)16-27-14-13-22-23(27)9-6-10-24(22)29-17-20-7-4-3-5-8-20/h3-15H,16-17H2,1-2H3,(H,26,28). The maximum absolute atomic E-state index is 12.6. The predicted molar refractivity (Wildman–Crippen MR) is 117 cm³/mol. The minimum Gasteiger partial charge on any atom is -0.488 e. The summed E-state index contributed by atoms with van der Waals surface area (Å²) in [5.74, 6) is 0.765. The fourth-order valence-corrected chi connectivity index (χ4v) is 3.37. The molecular weight excluding hydrogens is 360 g/mol. The number of nitrogens with zero attached hydrogens (tertiary/aromatic N) is 1. The van der Waals surface area contributed by atoms with Crippen molar-refractivity contribution in [3.63, 3.8) is 0 Å². The monoisotopic (exact) mass is 384 g/mol. The summed E-state index contributed by atoms with van der Waals surface area (Å²) < 4.78 is 7.98. The molecule has 0 fully saturated rings. The van der Waals surface area contributed by atoms with Crippen molar-refractivity contribution < 1.29 is 9.53 Å². The molecule has 146 valence electrons. The maximum atomic E-state index is 12.6. The van der Waals surface area contributed by atoms with Crippen LogP contribution in [0, 0.1) is 13.8 Å². The first-order valence-electron chi connectivity index (χ1n) is 9.72. The Morgan fingerprint density at radius 2 is 1.76 bits per heavy atom. The van der Waals surface area contributed by atoms with E-state index in [1.165, 1.54) is 5.56 Å². The van der Waals surface area contributed by atoms with Gasteiger partial charge in [-0.1, -0.05) is 42.5 Å². The highest BCUT2D eigenvalue weighted by Crippen LogP contribution is 2.27. The van der Waals surface area contributed by atoms with Gasteiger partial charge in [-0.25, -0.2) is 0 Å². The number of carbonyl (C=O) groups is 1. The van der Waals surface area contributed by atoms with E-state index < -0.39 is 0 Å². The van der Waals surface area contributed by atoms with E-state index in [1.54, 1.807) is 0 Å². The second-order valence-electron chi connectivity index (χ2n) is 7.25. The van der Waals surface area contributed by atoms with E-state index in [0.29, 0.717) is 6.61 Å². The Balaban J connectivity index is 1.48. The zero-order valence-corrected chi connectivity index (χ0v) is 16.7. The fourth-order valence-electron chi connectivity index (χ4n) is 3.37. The van der Waals surface area contributed by atoms with Crippen molar-refractivity contribution in [3.05, 3.63) is 95.7 Å². The van der Waals surface area contributed by atoms with Gasteiger partial charge in [-0.3, -0.25) is 4.79 Å². The highest BCUT2D eigenvalue weighted by Gasteiger charge is 2.10. The number of anilines is 1. The largest absolute Gasteiger partial charge is 0.488 e. The number of amides is 1. The third-order valence-corrected chi connectivity index (χ3v) is 5.12. The van der Waals surface area contributed by atoms with Gasteiger partial charge in [0, 0.05) is 17.3 Å². The Morgan fingerprint density at radius 1 is 0.931 bits per heavy atom. The Kier molecular flexibility index (Phi) is 5.34. The third-order valence-electron chi connectivity index (χ3n) is 5.12. The summed E-state index contributed by atoms with van der Waals surface area (Å²) in [5, 5.41) is 3.99. The first-order chi connectivity index (χ1) is 14.1. The van der Waals surface area contributed by atoms with Crippen LogP contribution in [0.25, 0.3) is 10.9 Å². The number of ether oxygens (including phenoxy) is 1. The molecule has 0 aliphatic rings. The summed E-state index contributed by atoms with van der Waals surface area (Å²) in [6, 6.07) is 24.0. The molecule has 0 aliphatic carbocycles. The Hall–Kier alpha value is -3.53. The van der Waals surface area contributed by atoms with E-state index in [2.05, 4.69) is 12.2 Å². The average Bonchev–Trinajstić information content (AvgIpc) is 3.13. The van der Waals surface area contributed by atoms with E-state index in [-0.39, 0.29) is 12.5 Å². The van der Waals surface area contributed by atoms with Crippen molar-refractivity contribution in [1.82, 2.24) is 4.57 Å². The number of hydrogen-bond donors (Lipinski definition) is 1. The molecule has 4 nitrogen and oxygen atoms in total. The lowest BCUT2D eigenvalue weighted by molar-refractivity contribution is -0.116. The number of carbonyl (C=O) groups excluding carboxylic acids is 1. The van der Waals surface area contributed by atoms with Crippen molar-refractivity contribution in [2.24, 2.45) is 0 Å².